The number of nitrogens with two attached hydrogens (primary N) is 1. The van der Waals surface area contributed by atoms with Crippen LogP contribution in [0.1, 0.15) is 38.5 Å². The molecule has 2 aliphatic rings. The smallest absolute Gasteiger partial charge is 0.220 e. The van der Waals surface area contributed by atoms with Crippen molar-refractivity contribution >= 4 is 30.7 Å². The molecule has 0 aromatic carbocycles. The lowest BCUT2D eigenvalue weighted by Crippen LogP contribution is -2.45. The number of nitrogens with zero attached hydrogens (tertiary/aromatic N) is 1. The lowest BCUT2D eigenvalue weighted by atomic mass is 10.0. The molecule has 1 amide bonds. The summed E-state index contributed by atoms with van der Waals surface area (Å²) in [5.41, 5.74) is 5.39. The lowest BCUT2D eigenvalue weighted by Gasteiger charge is -2.32. The topological polar surface area (TPSA) is 58.4 Å². The van der Waals surface area contributed by atoms with Gasteiger partial charge in [-0.1, -0.05) is 0 Å². The van der Waals surface area contributed by atoms with Crippen LogP contribution in [0.2, 0.25) is 0 Å². The molecule has 0 bridgehead atoms. The molecule has 0 radical (unpaired) electrons. The Hall–Kier alpha value is -0.0300. The first-order valence-corrected chi connectivity index (χ1v) is 6.99. The van der Waals surface area contributed by atoms with E-state index >= 15 is 0 Å². The van der Waals surface area contributed by atoms with Crippen LogP contribution < -0.4 is 11.1 Å². The number of piperidine rings is 1. The van der Waals surface area contributed by atoms with Gasteiger partial charge in [0.2, 0.25) is 5.91 Å². The Balaban J connectivity index is 0.00000162. The van der Waals surface area contributed by atoms with Crippen molar-refractivity contribution in [3.8, 4) is 0 Å². The highest BCUT2D eigenvalue weighted by Crippen LogP contribution is 2.30. The molecule has 1 heterocycles. The Morgan fingerprint density at radius 2 is 1.79 bits per heavy atom. The predicted octanol–water partition coefficient (Wildman–Crippen LogP) is 1.56. The summed E-state index contributed by atoms with van der Waals surface area (Å²) >= 11 is 0. The molecule has 2 rings (SSSR count). The third kappa shape index (κ3) is 7.35. The number of hydrogen-bond donors (Lipinski definition) is 2. The second kappa shape index (κ2) is 9.81. The SMILES string of the molecule is Cl.Cl.NCCCC(=O)NC1CCN(CC2CC2)CC1. The Labute approximate surface area is 128 Å². The first-order chi connectivity index (χ1) is 8.28. The number of carbonyl (C=O) groups is 1. The van der Waals surface area contributed by atoms with Crippen molar-refractivity contribution < 1.29 is 4.79 Å². The van der Waals surface area contributed by atoms with Crippen molar-refractivity contribution in [1.29, 1.82) is 0 Å². The van der Waals surface area contributed by atoms with Crippen molar-refractivity contribution in [2.75, 3.05) is 26.2 Å². The molecule has 4 nitrogen and oxygen atoms in total. The van der Waals surface area contributed by atoms with Gasteiger partial charge in [-0.05, 0) is 44.6 Å². The predicted molar refractivity (Wildman–Crippen MR) is 83.1 cm³/mol. The standard InChI is InChI=1S/C13H25N3O.2ClH/c14-7-1-2-13(17)15-12-5-8-16(9-6-12)10-11-3-4-11;;/h11-12H,1-10,14H2,(H,15,17);2*1H. The third-order valence-electron chi connectivity index (χ3n) is 3.77. The fourth-order valence-electron chi connectivity index (χ4n) is 2.49. The fraction of sp³-hybridized carbons (Fsp3) is 0.923. The molecular weight excluding hydrogens is 285 g/mol. The molecule has 3 N–H and O–H groups in total. The van der Waals surface area contributed by atoms with E-state index in [4.69, 9.17) is 5.73 Å². The zero-order valence-corrected chi connectivity index (χ0v) is 13.1. The molecule has 1 saturated heterocycles. The highest BCUT2D eigenvalue weighted by molar-refractivity contribution is 5.85. The number of hydrogen-bond acceptors (Lipinski definition) is 3. The number of nitrogens with one attached hydrogen (secondary N) is 1. The summed E-state index contributed by atoms with van der Waals surface area (Å²) in [6.07, 6.45) is 6.46. The summed E-state index contributed by atoms with van der Waals surface area (Å²) in [4.78, 5) is 14.1. The van der Waals surface area contributed by atoms with Gasteiger partial charge in [0.1, 0.15) is 0 Å². The summed E-state index contributed by atoms with van der Waals surface area (Å²) < 4.78 is 0. The molecular formula is C13H27Cl2N3O. The molecule has 2 fully saturated rings. The zero-order valence-electron chi connectivity index (χ0n) is 11.5. The second-order valence-electron chi connectivity index (χ2n) is 5.48. The monoisotopic (exact) mass is 311 g/mol. The minimum atomic E-state index is 0. The summed E-state index contributed by atoms with van der Waals surface area (Å²) in [5.74, 6) is 1.15. The van der Waals surface area contributed by atoms with Crippen LogP contribution in [0.4, 0.5) is 0 Å². The van der Waals surface area contributed by atoms with Gasteiger partial charge in [-0.3, -0.25) is 4.79 Å². The molecule has 0 aromatic rings. The van der Waals surface area contributed by atoms with Crippen LogP contribution in [0.25, 0.3) is 0 Å². The first kappa shape index (κ1) is 19.0. The van der Waals surface area contributed by atoms with E-state index in [-0.39, 0.29) is 30.7 Å². The minimum absolute atomic E-state index is 0. The fourth-order valence-corrected chi connectivity index (χ4v) is 2.49. The first-order valence-electron chi connectivity index (χ1n) is 6.99. The summed E-state index contributed by atoms with van der Waals surface area (Å²) in [5, 5.41) is 3.12. The highest BCUT2D eigenvalue weighted by atomic mass is 35.5. The number of halogens is 2. The minimum Gasteiger partial charge on any atom is -0.353 e. The molecule has 1 saturated carbocycles. The van der Waals surface area contributed by atoms with Gasteiger partial charge in [-0.15, -0.1) is 24.8 Å². The summed E-state index contributed by atoms with van der Waals surface area (Å²) in [6.45, 7) is 4.19. The Bertz CT molecular complexity index is 254. The van der Waals surface area contributed by atoms with E-state index in [0.717, 1.165) is 38.3 Å². The van der Waals surface area contributed by atoms with E-state index in [2.05, 4.69) is 10.2 Å². The molecule has 114 valence electrons. The molecule has 0 unspecified atom stereocenters. The van der Waals surface area contributed by atoms with Crippen molar-refractivity contribution in [3.05, 3.63) is 0 Å². The van der Waals surface area contributed by atoms with Gasteiger partial charge in [-0.2, -0.15) is 0 Å². The largest absolute Gasteiger partial charge is 0.353 e. The van der Waals surface area contributed by atoms with Crippen LogP contribution in [0.5, 0.6) is 0 Å². The van der Waals surface area contributed by atoms with Crippen molar-refractivity contribution in [2.24, 2.45) is 11.7 Å². The van der Waals surface area contributed by atoms with Gasteiger partial charge < -0.3 is 16.0 Å². The van der Waals surface area contributed by atoms with Crippen LogP contribution >= 0.6 is 24.8 Å². The quantitative estimate of drug-likeness (QED) is 0.782. The van der Waals surface area contributed by atoms with E-state index in [1.165, 1.54) is 19.4 Å². The van der Waals surface area contributed by atoms with Gasteiger partial charge in [0.25, 0.3) is 0 Å². The maximum absolute atomic E-state index is 11.6. The molecule has 0 spiro atoms. The highest BCUT2D eigenvalue weighted by Gasteiger charge is 2.27. The Morgan fingerprint density at radius 1 is 1.16 bits per heavy atom. The number of carbonyl (C=O) groups excluding carboxylic acids is 1. The normalized spacial score (nSPS) is 20.3. The Morgan fingerprint density at radius 3 is 2.32 bits per heavy atom. The van der Waals surface area contributed by atoms with E-state index in [0.29, 0.717) is 19.0 Å². The van der Waals surface area contributed by atoms with E-state index in [1.807, 2.05) is 0 Å². The molecule has 0 aromatic heterocycles. The van der Waals surface area contributed by atoms with Crippen LogP contribution in [0.3, 0.4) is 0 Å². The molecule has 1 aliphatic carbocycles. The van der Waals surface area contributed by atoms with Crippen LogP contribution in [0, 0.1) is 5.92 Å². The van der Waals surface area contributed by atoms with Gasteiger partial charge in [-0.25, -0.2) is 0 Å². The second-order valence-corrected chi connectivity index (χ2v) is 5.48. The molecule has 1 aliphatic heterocycles. The van der Waals surface area contributed by atoms with Gasteiger partial charge in [0.15, 0.2) is 0 Å². The zero-order chi connectivity index (χ0) is 12.1. The maximum atomic E-state index is 11.6. The van der Waals surface area contributed by atoms with Crippen LogP contribution in [-0.2, 0) is 4.79 Å². The van der Waals surface area contributed by atoms with Crippen LogP contribution in [0.15, 0.2) is 0 Å². The third-order valence-corrected chi connectivity index (χ3v) is 3.77. The number of amides is 1. The van der Waals surface area contributed by atoms with Gasteiger partial charge >= 0.3 is 0 Å². The number of rotatable bonds is 6. The average Bonchev–Trinajstić information content (AvgIpc) is 3.13. The van der Waals surface area contributed by atoms with Gasteiger partial charge in [0, 0.05) is 32.1 Å². The van der Waals surface area contributed by atoms with Crippen molar-refractivity contribution in [2.45, 2.75) is 44.6 Å². The van der Waals surface area contributed by atoms with Crippen molar-refractivity contribution in [1.82, 2.24) is 10.2 Å². The van der Waals surface area contributed by atoms with Crippen molar-refractivity contribution in [3.63, 3.8) is 0 Å². The molecule has 6 heteroatoms. The molecule has 0 atom stereocenters. The van der Waals surface area contributed by atoms with E-state index in [1.54, 1.807) is 0 Å². The summed E-state index contributed by atoms with van der Waals surface area (Å²) in [7, 11) is 0. The van der Waals surface area contributed by atoms with Gasteiger partial charge in [0.05, 0.1) is 0 Å². The van der Waals surface area contributed by atoms with E-state index < -0.39 is 0 Å². The van der Waals surface area contributed by atoms with E-state index in [9.17, 15) is 4.79 Å². The average molecular weight is 312 g/mol. The van der Waals surface area contributed by atoms with Crippen LogP contribution in [-0.4, -0.2) is 43.0 Å². The Kier molecular flexibility index (Phi) is 9.79. The maximum Gasteiger partial charge on any atom is 0.220 e. The molecule has 19 heavy (non-hydrogen) atoms. The lowest BCUT2D eigenvalue weighted by molar-refractivity contribution is -0.122. The number of likely N-dealkylation sites (tertiary alicyclic amines) is 1. The summed E-state index contributed by atoms with van der Waals surface area (Å²) in [6, 6.07) is 0.399.